The van der Waals surface area contributed by atoms with Crippen molar-refractivity contribution in [3.8, 4) is 0 Å². The van der Waals surface area contributed by atoms with E-state index in [-0.39, 0.29) is 30.6 Å². The Morgan fingerprint density at radius 2 is 1.69 bits per heavy atom. The third-order valence-corrected chi connectivity index (χ3v) is 4.76. The molecule has 0 aliphatic carbocycles. The number of ether oxygens (including phenoxy) is 1. The lowest BCUT2D eigenvalue weighted by Gasteiger charge is -2.38. The fourth-order valence-electron chi connectivity index (χ4n) is 3.23. The zero-order valence-electron chi connectivity index (χ0n) is 17.0. The van der Waals surface area contributed by atoms with Crippen LogP contribution in [0.4, 0.5) is 4.79 Å². The SMILES string of the molecule is CCC1CCC(O)CN1.CCC1CCC(O)CN1C(=O)OC(C)(C)C.Cl. The first-order chi connectivity index (χ1) is 11.7. The maximum atomic E-state index is 11.9. The number of carbonyl (C=O) groups is 1. The molecule has 2 fully saturated rings. The lowest BCUT2D eigenvalue weighted by molar-refractivity contribution is -0.0134. The predicted octanol–water partition coefficient (Wildman–Crippen LogP) is 3.09. The highest BCUT2D eigenvalue weighted by Gasteiger charge is 2.32. The minimum absolute atomic E-state index is 0. The number of carbonyl (C=O) groups excluding carboxylic acids is 1. The molecule has 2 aliphatic heterocycles. The quantitative estimate of drug-likeness (QED) is 0.670. The van der Waals surface area contributed by atoms with Crippen LogP contribution in [0.3, 0.4) is 0 Å². The number of amides is 1. The Balaban J connectivity index is 0.000000532. The molecule has 156 valence electrons. The van der Waals surface area contributed by atoms with Crippen molar-refractivity contribution >= 4 is 18.5 Å². The third kappa shape index (κ3) is 9.40. The van der Waals surface area contributed by atoms with Crippen LogP contribution < -0.4 is 5.32 Å². The second kappa shape index (κ2) is 12.0. The van der Waals surface area contributed by atoms with Gasteiger partial charge in [0.1, 0.15) is 5.60 Å². The molecule has 0 bridgehead atoms. The van der Waals surface area contributed by atoms with Crippen LogP contribution in [-0.2, 0) is 4.74 Å². The van der Waals surface area contributed by atoms with Crippen LogP contribution in [0.2, 0.25) is 0 Å². The van der Waals surface area contributed by atoms with Gasteiger partial charge in [-0.2, -0.15) is 0 Å². The number of halogens is 1. The van der Waals surface area contributed by atoms with Crippen LogP contribution in [0, 0.1) is 0 Å². The first kappa shape index (κ1) is 25.4. The first-order valence-corrected chi connectivity index (χ1v) is 9.75. The van der Waals surface area contributed by atoms with Crippen molar-refractivity contribution in [2.75, 3.05) is 13.1 Å². The van der Waals surface area contributed by atoms with Crippen molar-refractivity contribution in [1.82, 2.24) is 10.2 Å². The molecular formula is C19H39ClN2O4. The molecular weight excluding hydrogens is 356 g/mol. The van der Waals surface area contributed by atoms with Crippen LogP contribution in [-0.4, -0.2) is 64.2 Å². The molecule has 4 atom stereocenters. The smallest absolute Gasteiger partial charge is 0.410 e. The van der Waals surface area contributed by atoms with Crippen molar-refractivity contribution in [3.63, 3.8) is 0 Å². The molecule has 0 spiro atoms. The molecule has 0 aromatic rings. The second-order valence-corrected chi connectivity index (χ2v) is 8.17. The summed E-state index contributed by atoms with van der Waals surface area (Å²) in [5.74, 6) is 0. The Morgan fingerprint density at radius 3 is 2.15 bits per heavy atom. The number of hydrogen-bond donors (Lipinski definition) is 3. The van der Waals surface area contributed by atoms with Crippen molar-refractivity contribution in [1.29, 1.82) is 0 Å². The van der Waals surface area contributed by atoms with Gasteiger partial charge in [-0.25, -0.2) is 4.79 Å². The largest absolute Gasteiger partial charge is 0.444 e. The summed E-state index contributed by atoms with van der Waals surface area (Å²) in [6.07, 6.45) is 5.04. The zero-order chi connectivity index (χ0) is 19.0. The van der Waals surface area contributed by atoms with Gasteiger partial charge in [0.25, 0.3) is 0 Å². The van der Waals surface area contributed by atoms with E-state index in [9.17, 15) is 9.90 Å². The maximum absolute atomic E-state index is 11.9. The van der Waals surface area contributed by atoms with Crippen molar-refractivity contribution in [3.05, 3.63) is 0 Å². The van der Waals surface area contributed by atoms with E-state index in [2.05, 4.69) is 19.2 Å². The summed E-state index contributed by atoms with van der Waals surface area (Å²) < 4.78 is 5.33. The number of aliphatic hydroxyl groups excluding tert-OH is 2. The maximum Gasteiger partial charge on any atom is 0.410 e. The van der Waals surface area contributed by atoms with Gasteiger partial charge in [-0.15, -0.1) is 12.4 Å². The van der Waals surface area contributed by atoms with Crippen molar-refractivity contribution in [2.24, 2.45) is 0 Å². The number of rotatable bonds is 2. The normalized spacial score (nSPS) is 29.1. The minimum atomic E-state index is -0.474. The monoisotopic (exact) mass is 394 g/mol. The van der Waals surface area contributed by atoms with Crippen LogP contribution in [0.1, 0.15) is 73.1 Å². The van der Waals surface area contributed by atoms with Crippen molar-refractivity contribution < 1.29 is 19.7 Å². The molecule has 0 aromatic carbocycles. The van der Waals surface area contributed by atoms with E-state index in [1.165, 1.54) is 6.42 Å². The highest BCUT2D eigenvalue weighted by atomic mass is 35.5. The van der Waals surface area contributed by atoms with Gasteiger partial charge >= 0.3 is 6.09 Å². The Morgan fingerprint density at radius 1 is 1.08 bits per heavy atom. The summed E-state index contributed by atoms with van der Waals surface area (Å²) in [7, 11) is 0. The Labute approximate surface area is 165 Å². The van der Waals surface area contributed by atoms with E-state index < -0.39 is 11.7 Å². The van der Waals surface area contributed by atoms with Crippen LogP contribution in [0.25, 0.3) is 0 Å². The van der Waals surface area contributed by atoms with Crippen LogP contribution in [0.5, 0.6) is 0 Å². The first-order valence-electron chi connectivity index (χ1n) is 9.75. The summed E-state index contributed by atoms with van der Waals surface area (Å²) >= 11 is 0. The van der Waals surface area contributed by atoms with E-state index >= 15 is 0 Å². The molecule has 0 radical (unpaired) electrons. The fourth-order valence-corrected chi connectivity index (χ4v) is 3.23. The van der Waals surface area contributed by atoms with Gasteiger partial charge < -0.3 is 25.2 Å². The molecule has 26 heavy (non-hydrogen) atoms. The molecule has 7 heteroatoms. The number of nitrogens with one attached hydrogen (secondary N) is 1. The highest BCUT2D eigenvalue weighted by molar-refractivity contribution is 5.85. The Hall–Kier alpha value is -0.560. The lowest BCUT2D eigenvalue weighted by atomic mass is 9.99. The van der Waals surface area contributed by atoms with Crippen molar-refractivity contribution in [2.45, 2.75) is 103 Å². The van der Waals surface area contributed by atoms with Gasteiger partial charge in [-0.1, -0.05) is 13.8 Å². The summed E-state index contributed by atoms with van der Waals surface area (Å²) in [5.41, 5.74) is -0.474. The van der Waals surface area contributed by atoms with E-state index in [0.717, 1.165) is 38.6 Å². The molecule has 1 amide bonds. The average Bonchev–Trinajstić information content (AvgIpc) is 2.54. The topological polar surface area (TPSA) is 82.0 Å². The molecule has 0 aromatic heterocycles. The highest BCUT2D eigenvalue weighted by Crippen LogP contribution is 2.22. The summed E-state index contributed by atoms with van der Waals surface area (Å²) in [6.45, 7) is 11.0. The number of β-amino-alcohol motifs (C(OH)–C–C–N with tert-alkyl or cyclic N) is 2. The molecule has 2 saturated heterocycles. The van der Waals surface area contributed by atoms with Gasteiger partial charge in [-0.3, -0.25) is 0 Å². The van der Waals surface area contributed by atoms with Gasteiger partial charge in [-0.05, 0) is 59.3 Å². The van der Waals surface area contributed by atoms with Crippen LogP contribution >= 0.6 is 12.4 Å². The third-order valence-electron chi connectivity index (χ3n) is 4.76. The van der Waals surface area contributed by atoms with E-state index in [0.29, 0.717) is 12.6 Å². The number of nitrogens with zero attached hydrogens (tertiary/aromatic N) is 1. The predicted molar refractivity (Wildman–Crippen MR) is 107 cm³/mol. The lowest BCUT2D eigenvalue weighted by Crippen LogP contribution is -2.50. The minimum Gasteiger partial charge on any atom is -0.444 e. The number of hydrogen-bond acceptors (Lipinski definition) is 5. The second-order valence-electron chi connectivity index (χ2n) is 8.17. The van der Waals surface area contributed by atoms with Gasteiger partial charge in [0.15, 0.2) is 0 Å². The Bertz CT molecular complexity index is 395. The average molecular weight is 395 g/mol. The number of likely N-dealkylation sites (tertiary alicyclic amines) is 1. The number of piperidine rings is 2. The fraction of sp³-hybridized carbons (Fsp3) is 0.947. The molecule has 3 N–H and O–H groups in total. The molecule has 2 heterocycles. The molecule has 4 unspecified atom stereocenters. The van der Waals surface area contributed by atoms with Gasteiger partial charge in [0, 0.05) is 18.6 Å². The van der Waals surface area contributed by atoms with E-state index in [4.69, 9.17) is 9.84 Å². The Kier molecular flexibility index (Phi) is 11.7. The van der Waals surface area contributed by atoms with Gasteiger partial charge in [0.05, 0.1) is 18.8 Å². The summed E-state index contributed by atoms with van der Waals surface area (Å²) in [6, 6.07) is 0.867. The van der Waals surface area contributed by atoms with E-state index in [1.54, 1.807) is 4.90 Å². The molecule has 2 aliphatic rings. The molecule has 2 rings (SSSR count). The number of aliphatic hydroxyl groups is 2. The summed E-state index contributed by atoms with van der Waals surface area (Å²) in [4.78, 5) is 13.6. The van der Waals surface area contributed by atoms with Gasteiger partial charge in [0.2, 0.25) is 0 Å². The summed E-state index contributed by atoms with van der Waals surface area (Å²) in [5, 5.41) is 21.9. The molecule has 0 saturated carbocycles. The zero-order valence-corrected chi connectivity index (χ0v) is 17.8. The standard InChI is InChI=1S/C12H23NO3.C7H15NO.ClH/c1-5-9-6-7-10(14)8-13(9)11(15)16-12(2,3)4;1-2-6-3-4-7(9)5-8-6;/h9-10,14H,5-8H2,1-4H3;6-9H,2-5H2,1H3;1H. The van der Waals surface area contributed by atoms with E-state index in [1.807, 2.05) is 20.8 Å². The van der Waals surface area contributed by atoms with Crippen LogP contribution in [0.15, 0.2) is 0 Å². The molecule has 6 nitrogen and oxygen atoms in total.